The van der Waals surface area contributed by atoms with Crippen LogP contribution in [0.25, 0.3) is 0 Å². The number of ether oxygens (including phenoxy) is 2. The van der Waals surface area contributed by atoms with Crippen LogP contribution in [-0.2, 0) is 13.0 Å². The molecule has 0 bridgehead atoms. The van der Waals surface area contributed by atoms with E-state index in [9.17, 15) is 22.4 Å². The van der Waals surface area contributed by atoms with E-state index in [1.54, 1.807) is 12.1 Å². The monoisotopic (exact) mass is 413 g/mol. The molecule has 1 aliphatic rings. The zero-order valence-corrected chi connectivity index (χ0v) is 15.5. The highest BCUT2D eigenvalue weighted by molar-refractivity contribution is 5.74. The molecule has 10 heteroatoms. The number of hydrogen-bond donors (Lipinski definition) is 2. The number of aryl methyl sites for hydroxylation is 1. The Morgan fingerprint density at radius 3 is 2.83 bits per heavy atom. The van der Waals surface area contributed by atoms with Crippen molar-refractivity contribution in [3.8, 4) is 11.6 Å². The highest BCUT2D eigenvalue weighted by atomic mass is 19.4. The molecule has 0 spiro atoms. The zero-order chi connectivity index (χ0) is 21.0. The number of carbonyl (C=O) groups is 1. The fraction of sp³-hybridized carbons (Fsp3) is 0.368. The highest BCUT2D eigenvalue weighted by Crippen LogP contribution is 2.35. The van der Waals surface area contributed by atoms with Gasteiger partial charge in [-0.05, 0) is 47.7 Å². The number of benzene rings is 1. The molecule has 2 aromatic rings. The number of aromatic nitrogens is 1. The van der Waals surface area contributed by atoms with Crippen molar-refractivity contribution >= 4 is 6.03 Å². The molecule has 156 valence electrons. The Kier molecular flexibility index (Phi) is 6.09. The van der Waals surface area contributed by atoms with Crippen molar-refractivity contribution in [1.82, 2.24) is 15.6 Å². The van der Waals surface area contributed by atoms with E-state index in [2.05, 4.69) is 20.4 Å². The number of nitrogens with one attached hydrogen (secondary N) is 2. The third kappa shape index (κ3) is 5.49. The topological polar surface area (TPSA) is 72.5 Å². The summed E-state index contributed by atoms with van der Waals surface area (Å²) in [5, 5.41) is 5.45. The third-order valence-corrected chi connectivity index (χ3v) is 4.43. The lowest BCUT2D eigenvalue weighted by Gasteiger charge is -2.16. The molecule has 0 saturated carbocycles. The van der Waals surface area contributed by atoms with Gasteiger partial charge in [0.15, 0.2) is 18.2 Å². The van der Waals surface area contributed by atoms with Crippen LogP contribution in [0.5, 0.6) is 11.6 Å². The number of amides is 2. The lowest BCUT2D eigenvalue weighted by Crippen LogP contribution is -2.37. The first kappa shape index (κ1) is 20.7. The maximum atomic E-state index is 13.8. The first-order valence-electron chi connectivity index (χ1n) is 8.80. The van der Waals surface area contributed by atoms with Gasteiger partial charge in [-0.15, -0.1) is 0 Å². The maximum absolute atomic E-state index is 13.8. The van der Waals surface area contributed by atoms with Gasteiger partial charge in [0.1, 0.15) is 0 Å². The van der Waals surface area contributed by atoms with Gasteiger partial charge in [-0.2, -0.15) is 13.2 Å². The molecule has 2 amide bonds. The normalized spacial score (nSPS) is 15.6. The summed E-state index contributed by atoms with van der Waals surface area (Å²) in [6.07, 6.45) is -1.90. The number of nitrogens with zero attached hydrogens (tertiary/aromatic N) is 1. The van der Waals surface area contributed by atoms with E-state index in [4.69, 9.17) is 4.74 Å². The Morgan fingerprint density at radius 2 is 2.10 bits per heavy atom. The van der Waals surface area contributed by atoms with E-state index < -0.39 is 24.6 Å². The minimum absolute atomic E-state index is 0.0725. The molecule has 1 unspecified atom stereocenters. The number of urea groups is 1. The zero-order valence-electron chi connectivity index (χ0n) is 15.5. The molecule has 2 N–H and O–H groups in total. The Hall–Kier alpha value is -3.04. The number of methoxy groups -OCH3 is 1. The van der Waals surface area contributed by atoms with Crippen molar-refractivity contribution in [3.05, 3.63) is 53.0 Å². The Morgan fingerprint density at radius 1 is 1.31 bits per heavy atom. The Balaban J connectivity index is 1.55. The average Bonchev–Trinajstić information content (AvgIpc) is 3.05. The number of rotatable bonds is 6. The van der Waals surface area contributed by atoms with Crippen LogP contribution in [0.4, 0.5) is 22.4 Å². The van der Waals surface area contributed by atoms with Gasteiger partial charge in [0.2, 0.25) is 5.88 Å². The van der Waals surface area contributed by atoms with Crippen molar-refractivity contribution in [3.63, 3.8) is 0 Å². The SMILES string of the molecule is COc1cc2c(cc1F)CCC2NC(=O)NCc1ccnc(OCC(F)(F)F)c1. The minimum atomic E-state index is -4.46. The van der Waals surface area contributed by atoms with Gasteiger partial charge in [-0.3, -0.25) is 0 Å². The van der Waals surface area contributed by atoms with Crippen LogP contribution in [0.2, 0.25) is 0 Å². The van der Waals surface area contributed by atoms with Gasteiger partial charge in [-0.1, -0.05) is 0 Å². The summed E-state index contributed by atoms with van der Waals surface area (Å²) in [5.74, 6) is -0.514. The van der Waals surface area contributed by atoms with Crippen molar-refractivity contribution in [2.75, 3.05) is 13.7 Å². The molecule has 0 aliphatic heterocycles. The van der Waals surface area contributed by atoms with Gasteiger partial charge in [-0.25, -0.2) is 14.2 Å². The summed E-state index contributed by atoms with van der Waals surface area (Å²) >= 11 is 0. The summed E-state index contributed by atoms with van der Waals surface area (Å²) < 4.78 is 60.0. The van der Waals surface area contributed by atoms with Crippen molar-refractivity contribution < 1.29 is 31.8 Å². The number of hydrogen-bond acceptors (Lipinski definition) is 4. The highest BCUT2D eigenvalue weighted by Gasteiger charge is 2.29. The van der Waals surface area contributed by atoms with Gasteiger partial charge in [0.25, 0.3) is 0 Å². The van der Waals surface area contributed by atoms with Gasteiger partial charge in [0.05, 0.1) is 13.2 Å². The van der Waals surface area contributed by atoms with Crippen LogP contribution in [0, 0.1) is 5.82 Å². The second-order valence-electron chi connectivity index (χ2n) is 6.51. The lowest BCUT2D eigenvalue weighted by molar-refractivity contribution is -0.154. The summed E-state index contributed by atoms with van der Waals surface area (Å²) in [6.45, 7) is -1.37. The average molecular weight is 413 g/mol. The van der Waals surface area contributed by atoms with E-state index in [1.165, 1.54) is 25.4 Å². The molecule has 0 saturated heterocycles. The van der Waals surface area contributed by atoms with Gasteiger partial charge in [0, 0.05) is 18.8 Å². The van der Waals surface area contributed by atoms with Crippen LogP contribution in [0.15, 0.2) is 30.5 Å². The summed E-state index contributed by atoms with van der Waals surface area (Å²) in [5.41, 5.74) is 2.14. The van der Waals surface area contributed by atoms with E-state index in [0.29, 0.717) is 18.4 Å². The summed E-state index contributed by atoms with van der Waals surface area (Å²) in [4.78, 5) is 15.9. The van der Waals surface area contributed by atoms with Crippen LogP contribution in [0.3, 0.4) is 0 Å². The molecule has 1 aromatic carbocycles. The molecule has 1 heterocycles. The molecule has 1 atom stereocenters. The van der Waals surface area contributed by atoms with Gasteiger partial charge >= 0.3 is 12.2 Å². The maximum Gasteiger partial charge on any atom is 0.422 e. The largest absolute Gasteiger partial charge is 0.494 e. The van der Waals surface area contributed by atoms with E-state index in [1.807, 2.05) is 0 Å². The molecule has 1 aliphatic carbocycles. The molecule has 1 aromatic heterocycles. The quantitative estimate of drug-likeness (QED) is 0.709. The molecular formula is C19H19F4N3O3. The predicted octanol–water partition coefficient (Wildman–Crippen LogP) is 3.66. The van der Waals surface area contributed by atoms with E-state index in [-0.39, 0.29) is 24.2 Å². The number of carbonyl (C=O) groups excluding carboxylic acids is 1. The van der Waals surface area contributed by atoms with Crippen molar-refractivity contribution in [2.45, 2.75) is 31.6 Å². The smallest absolute Gasteiger partial charge is 0.422 e. The number of alkyl halides is 3. The Labute approximate surface area is 164 Å². The Bertz CT molecular complexity index is 889. The second kappa shape index (κ2) is 8.54. The van der Waals surface area contributed by atoms with Crippen LogP contribution >= 0.6 is 0 Å². The lowest BCUT2D eigenvalue weighted by atomic mass is 10.1. The summed E-state index contributed by atoms with van der Waals surface area (Å²) in [7, 11) is 1.37. The molecule has 0 radical (unpaired) electrons. The minimum Gasteiger partial charge on any atom is -0.494 e. The fourth-order valence-corrected chi connectivity index (χ4v) is 3.10. The molecule has 6 nitrogen and oxygen atoms in total. The molecule has 0 fully saturated rings. The van der Waals surface area contributed by atoms with E-state index in [0.717, 1.165) is 11.1 Å². The first-order valence-corrected chi connectivity index (χ1v) is 8.80. The first-order chi connectivity index (χ1) is 13.7. The second-order valence-corrected chi connectivity index (χ2v) is 6.51. The molecular weight excluding hydrogens is 394 g/mol. The number of fused-ring (bicyclic) bond motifs is 1. The van der Waals surface area contributed by atoms with Gasteiger partial charge < -0.3 is 20.1 Å². The van der Waals surface area contributed by atoms with Crippen molar-refractivity contribution in [2.24, 2.45) is 0 Å². The van der Waals surface area contributed by atoms with Crippen LogP contribution in [-0.4, -0.2) is 30.9 Å². The summed E-state index contributed by atoms with van der Waals surface area (Å²) in [6, 6.07) is 5.12. The van der Waals surface area contributed by atoms with Crippen LogP contribution < -0.4 is 20.1 Å². The van der Waals surface area contributed by atoms with Crippen molar-refractivity contribution in [1.29, 1.82) is 0 Å². The van der Waals surface area contributed by atoms with E-state index >= 15 is 0 Å². The number of halogens is 4. The third-order valence-electron chi connectivity index (χ3n) is 4.43. The molecule has 29 heavy (non-hydrogen) atoms. The number of pyridine rings is 1. The van der Waals surface area contributed by atoms with Crippen LogP contribution in [0.1, 0.15) is 29.2 Å². The standard InChI is InChI=1S/C19H19F4N3O3/c1-28-16-8-13-12(7-14(16)20)2-3-15(13)26-18(27)25-9-11-4-5-24-17(6-11)29-10-19(21,22)23/h4-8,15H,2-3,9-10H2,1H3,(H2,25,26,27). The predicted molar refractivity (Wildman–Crippen MR) is 95.2 cm³/mol. The fourth-order valence-electron chi connectivity index (χ4n) is 3.10. The molecule has 3 rings (SSSR count).